The summed E-state index contributed by atoms with van der Waals surface area (Å²) in [5.41, 5.74) is 2.05. The van der Waals surface area contributed by atoms with Gasteiger partial charge in [-0.3, -0.25) is 0 Å². The van der Waals surface area contributed by atoms with E-state index in [9.17, 15) is 5.11 Å². The monoisotopic (exact) mass is 182 g/mol. The quantitative estimate of drug-likeness (QED) is 0.652. The van der Waals surface area contributed by atoms with E-state index in [1.54, 1.807) is 6.07 Å². The topological polar surface area (TPSA) is 60.7 Å². The van der Waals surface area contributed by atoms with Gasteiger partial charge in [0.2, 0.25) is 0 Å². The number of hydrogen-bond donors (Lipinski definition) is 3. The molecule has 3 heteroatoms. The fourth-order valence-corrected chi connectivity index (χ4v) is 1.30. The number of rotatable bonds is 3. The van der Waals surface area contributed by atoms with Crippen molar-refractivity contribution in [3.8, 4) is 5.75 Å². The molecule has 0 atom stereocenters. The molecule has 1 rings (SSSR count). The van der Waals surface area contributed by atoms with Gasteiger partial charge in [0.05, 0.1) is 13.2 Å². The fourth-order valence-electron chi connectivity index (χ4n) is 1.30. The molecular weight excluding hydrogens is 168 g/mol. The number of aromatic hydroxyl groups is 1. The highest BCUT2D eigenvalue weighted by Crippen LogP contribution is 2.23. The highest BCUT2D eigenvalue weighted by atomic mass is 16.3. The molecule has 0 saturated heterocycles. The van der Waals surface area contributed by atoms with Crippen LogP contribution >= 0.6 is 0 Å². The van der Waals surface area contributed by atoms with Crippen molar-refractivity contribution in [1.29, 1.82) is 0 Å². The summed E-state index contributed by atoms with van der Waals surface area (Å²) in [7, 11) is 0. The maximum atomic E-state index is 9.45. The Morgan fingerprint density at radius 1 is 1.00 bits per heavy atom. The number of aliphatic hydroxyl groups is 2. The van der Waals surface area contributed by atoms with Crippen molar-refractivity contribution in [2.45, 2.75) is 26.6 Å². The maximum absolute atomic E-state index is 9.45. The highest BCUT2D eigenvalue weighted by Gasteiger charge is 2.06. The van der Waals surface area contributed by atoms with E-state index in [2.05, 4.69) is 0 Å². The third-order valence-corrected chi connectivity index (χ3v) is 2.12. The summed E-state index contributed by atoms with van der Waals surface area (Å²) < 4.78 is 0. The number of benzene rings is 1. The van der Waals surface area contributed by atoms with Crippen LogP contribution in [0.3, 0.4) is 0 Å². The molecule has 0 aromatic heterocycles. The van der Waals surface area contributed by atoms with Gasteiger partial charge in [0.1, 0.15) is 5.75 Å². The van der Waals surface area contributed by atoms with Gasteiger partial charge in [-0.1, -0.05) is 6.92 Å². The maximum Gasteiger partial charge on any atom is 0.119 e. The smallest absolute Gasteiger partial charge is 0.119 e. The molecule has 1 aromatic carbocycles. The van der Waals surface area contributed by atoms with E-state index in [1.165, 1.54) is 6.07 Å². The highest BCUT2D eigenvalue weighted by molar-refractivity contribution is 5.41. The minimum atomic E-state index is -0.159. The SMILES string of the molecule is CCc1cc(CO)c(CO)cc1O. The number of phenols is 1. The van der Waals surface area contributed by atoms with Crippen molar-refractivity contribution < 1.29 is 15.3 Å². The Morgan fingerprint density at radius 3 is 2.00 bits per heavy atom. The summed E-state index contributed by atoms with van der Waals surface area (Å²) >= 11 is 0. The Balaban J connectivity index is 3.18. The zero-order valence-electron chi connectivity index (χ0n) is 7.62. The first-order valence-corrected chi connectivity index (χ1v) is 4.28. The van der Waals surface area contributed by atoms with Gasteiger partial charge in [-0.15, -0.1) is 0 Å². The summed E-state index contributed by atoms with van der Waals surface area (Å²) in [4.78, 5) is 0. The van der Waals surface area contributed by atoms with Crippen LogP contribution in [0.4, 0.5) is 0 Å². The molecule has 1 aromatic rings. The average Bonchev–Trinajstić information content (AvgIpc) is 2.17. The Labute approximate surface area is 77.3 Å². The first-order chi connectivity index (χ1) is 6.22. The number of aliphatic hydroxyl groups excluding tert-OH is 2. The van der Waals surface area contributed by atoms with Crippen LogP contribution in [-0.4, -0.2) is 15.3 Å². The molecule has 0 radical (unpaired) electrons. The summed E-state index contributed by atoms with van der Waals surface area (Å²) in [6.07, 6.45) is 0.713. The summed E-state index contributed by atoms with van der Waals surface area (Å²) in [5, 5.41) is 27.3. The Morgan fingerprint density at radius 2 is 1.54 bits per heavy atom. The molecule has 0 heterocycles. The average molecular weight is 182 g/mol. The molecule has 0 saturated carbocycles. The van der Waals surface area contributed by atoms with Crippen molar-refractivity contribution in [2.24, 2.45) is 0 Å². The summed E-state index contributed by atoms with van der Waals surface area (Å²) in [6, 6.07) is 3.23. The fraction of sp³-hybridized carbons (Fsp3) is 0.400. The Kier molecular flexibility index (Phi) is 3.28. The molecule has 3 nitrogen and oxygen atoms in total. The second-order valence-electron chi connectivity index (χ2n) is 2.92. The van der Waals surface area contributed by atoms with E-state index < -0.39 is 0 Å². The van der Waals surface area contributed by atoms with Crippen molar-refractivity contribution in [1.82, 2.24) is 0 Å². The number of hydrogen-bond acceptors (Lipinski definition) is 3. The summed E-state index contributed by atoms with van der Waals surface area (Å²) in [6.45, 7) is 1.66. The first kappa shape index (κ1) is 10.0. The van der Waals surface area contributed by atoms with E-state index in [0.29, 0.717) is 17.5 Å². The van der Waals surface area contributed by atoms with E-state index in [1.807, 2.05) is 6.92 Å². The lowest BCUT2D eigenvalue weighted by molar-refractivity contribution is 0.259. The van der Waals surface area contributed by atoms with Crippen LogP contribution in [0.15, 0.2) is 12.1 Å². The lowest BCUT2D eigenvalue weighted by atomic mass is 10.0. The van der Waals surface area contributed by atoms with Gasteiger partial charge in [-0.25, -0.2) is 0 Å². The van der Waals surface area contributed by atoms with Gasteiger partial charge in [0.15, 0.2) is 0 Å². The normalized spacial score (nSPS) is 10.4. The van der Waals surface area contributed by atoms with Gasteiger partial charge >= 0.3 is 0 Å². The second-order valence-corrected chi connectivity index (χ2v) is 2.92. The molecular formula is C10H14O3. The van der Waals surface area contributed by atoms with Gasteiger partial charge in [0.25, 0.3) is 0 Å². The second kappa shape index (κ2) is 4.25. The Bertz CT molecular complexity index is 294. The van der Waals surface area contributed by atoms with Crippen LogP contribution in [0.2, 0.25) is 0 Å². The number of phenolic OH excluding ortho intramolecular Hbond substituents is 1. The van der Waals surface area contributed by atoms with Crippen molar-refractivity contribution >= 4 is 0 Å². The molecule has 0 aliphatic heterocycles. The van der Waals surface area contributed by atoms with Crippen molar-refractivity contribution in [2.75, 3.05) is 0 Å². The van der Waals surface area contributed by atoms with Crippen LogP contribution in [0.25, 0.3) is 0 Å². The molecule has 72 valence electrons. The van der Waals surface area contributed by atoms with Crippen LogP contribution in [-0.2, 0) is 19.6 Å². The zero-order valence-corrected chi connectivity index (χ0v) is 7.62. The largest absolute Gasteiger partial charge is 0.508 e. The van der Waals surface area contributed by atoms with E-state index in [4.69, 9.17) is 10.2 Å². The molecule has 3 N–H and O–H groups in total. The predicted octanol–water partition coefficient (Wildman–Crippen LogP) is 0.939. The molecule has 0 spiro atoms. The molecule has 0 amide bonds. The van der Waals surface area contributed by atoms with Crippen LogP contribution in [0.5, 0.6) is 5.75 Å². The van der Waals surface area contributed by atoms with Gasteiger partial charge in [0, 0.05) is 0 Å². The lowest BCUT2D eigenvalue weighted by Gasteiger charge is -2.08. The van der Waals surface area contributed by atoms with E-state index >= 15 is 0 Å². The summed E-state index contributed by atoms with van der Waals surface area (Å²) in [5.74, 6) is 0.184. The van der Waals surface area contributed by atoms with E-state index in [-0.39, 0.29) is 19.0 Å². The third kappa shape index (κ3) is 1.99. The van der Waals surface area contributed by atoms with Gasteiger partial charge < -0.3 is 15.3 Å². The molecule has 0 bridgehead atoms. The number of aryl methyl sites for hydroxylation is 1. The zero-order chi connectivity index (χ0) is 9.84. The Hall–Kier alpha value is -1.06. The van der Waals surface area contributed by atoms with Crippen LogP contribution < -0.4 is 0 Å². The van der Waals surface area contributed by atoms with Crippen LogP contribution in [0, 0.1) is 0 Å². The van der Waals surface area contributed by atoms with E-state index in [0.717, 1.165) is 5.56 Å². The minimum absolute atomic E-state index is 0.108. The van der Waals surface area contributed by atoms with Gasteiger partial charge in [-0.05, 0) is 35.2 Å². The van der Waals surface area contributed by atoms with Gasteiger partial charge in [-0.2, -0.15) is 0 Å². The standard InChI is InChI=1S/C10H14O3/c1-2-7-3-8(5-11)9(6-12)4-10(7)13/h3-4,11-13H,2,5-6H2,1H3. The van der Waals surface area contributed by atoms with Crippen LogP contribution in [0.1, 0.15) is 23.6 Å². The first-order valence-electron chi connectivity index (χ1n) is 4.28. The van der Waals surface area contributed by atoms with Crippen molar-refractivity contribution in [3.63, 3.8) is 0 Å². The molecule has 0 aliphatic carbocycles. The lowest BCUT2D eigenvalue weighted by Crippen LogP contribution is -1.96. The minimum Gasteiger partial charge on any atom is -0.508 e. The molecule has 0 fully saturated rings. The molecule has 13 heavy (non-hydrogen) atoms. The predicted molar refractivity (Wildman–Crippen MR) is 49.3 cm³/mol. The molecule has 0 aliphatic rings. The van der Waals surface area contributed by atoms with Crippen molar-refractivity contribution in [3.05, 3.63) is 28.8 Å². The molecule has 0 unspecified atom stereocenters. The third-order valence-electron chi connectivity index (χ3n) is 2.12.